The van der Waals surface area contributed by atoms with Crippen molar-refractivity contribution in [3.05, 3.63) is 11.1 Å². The zero-order valence-electron chi connectivity index (χ0n) is 12.1. The lowest BCUT2D eigenvalue weighted by atomic mass is 10.4. The van der Waals surface area contributed by atoms with Crippen molar-refractivity contribution < 1.29 is 0 Å². The molecule has 0 atom stereocenters. The molecule has 1 aromatic heterocycles. The van der Waals surface area contributed by atoms with E-state index in [4.69, 9.17) is 4.98 Å². The molecule has 1 N–H and O–H groups in total. The molecule has 5 heteroatoms. The van der Waals surface area contributed by atoms with E-state index in [1.165, 1.54) is 0 Å². The fourth-order valence-electron chi connectivity index (χ4n) is 1.67. The predicted molar refractivity (Wildman–Crippen MR) is 80.6 cm³/mol. The molecule has 0 aliphatic heterocycles. The standard InChI is InChI=1S/C13H26N4S/c1-5-7-17(9-8-16(3)4)13-15-12(11-18-13)10-14-6-2/h11,14H,5-10H2,1-4H3. The number of hydrogen-bond donors (Lipinski definition) is 1. The highest BCUT2D eigenvalue weighted by atomic mass is 32.1. The van der Waals surface area contributed by atoms with Crippen LogP contribution in [0.25, 0.3) is 0 Å². The van der Waals surface area contributed by atoms with Crippen molar-refractivity contribution >= 4 is 16.5 Å². The van der Waals surface area contributed by atoms with Crippen molar-refractivity contribution in [2.75, 3.05) is 45.2 Å². The lowest BCUT2D eigenvalue weighted by molar-refractivity contribution is 0.413. The van der Waals surface area contributed by atoms with Crippen molar-refractivity contribution in [1.82, 2.24) is 15.2 Å². The summed E-state index contributed by atoms with van der Waals surface area (Å²) >= 11 is 1.76. The summed E-state index contributed by atoms with van der Waals surface area (Å²) in [7, 11) is 4.23. The number of thiazole rings is 1. The first-order chi connectivity index (χ1) is 8.67. The van der Waals surface area contributed by atoms with Crippen molar-refractivity contribution in [3.8, 4) is 0 Å². The summed E-state index contributed by atoms with van der Waals surface area (Å²) in [6.45, 7) is 9.41. The molecule has 0 saturated carbocycles. The molecule has 0 unspecified atom stereocenters. The Bertz CT molecular complexity index is 325. The molecule has 4 nitrogen and oxygen atoms in total. The average molecular weight is 270 g/mol. The Balaban J connectivity index is 2.57. The number of likely N-dealkylation sites (N-methyl/N-ethyl adjacent to an activating group) is 1. The maximum Gasteiger partial charge on any atom is 0.185 e. The number of rotatable bonds is 9. The predicted octanol–water partition coefficient (Wildman–Crippen LogP) is 2.03. The van der Waals surface area contributed by atoms with Crippen LogP contribution >= 0.6 is 11.3 Å². The van der Waals surface area contributed by atoms with E-state index in [1.54, 1.807) is 11.3 Å². The van der Waals surface area contributed by atoms with E-state index in [0.29, 0.717) is 0 Å². The second kappa shape index (κ2) is 8.45. The topological polar surface area (TPSA) is 31.4 Å². The maximum absolute atomic E-state index is 4.71. The Morgan fingerprint density at radius 1 is 1.22 bits per heavy atom. The van der Waals surface area contributed by atoms with E-state index in [1.807, 2.05) is 0 Å². The van der Waals surface area contributed by atoms with Gasteiger partial charge in [-0.05, 0) is 27.1 Å². The van der Waals surface area contributed by atoms with Crippen LogP contribution in [0.4, 0.5) is 5.13 Å². The normalized spacial score (nSPS) is 11.2. The molecule has 0 aromatic carbocycles. The van der Waals surface area contributed by atoms with Crippen LogP contribution in [-0.4, -0.2) is 50.2 Å². The molecule has 0 aliphatic carbocycles. The van der Waals surface area contributed by atoms with Gasteiger partial charge in [-0.25, -0.2) is 4.98 Å². The van der Waals surface area contributed by atoms with Gasteiger partial charge in [0.25, 0.3) is 0 Å². The van der Waals surface area contributed by atoms with Gasteiger partial charge < -0.3 is 15.1 Å². The number of nitrogens with zero attached hydrogens (tertiary/aromatic N) is 3. The van der Waals surface area contributed by atoms with Gasteiger partial charge in [-0.2, -0.15) is 0 Å². The van der Waals surface area contributed by atoms with Crippen LogP contribution < -0.4 is 10.2 Å². The molecule has 0 saturated heterocycles. The highest BCUT2D eigenvalue weighted by molar-refractivity contribution is 7.13. The maximum atomic E-state index is 4.71. The van der Waals surface area contributed by atoms with E-state index in [9.17, 15) is 0 Å². The van der Waals surface area contributed by atoms with Gasteiger partial charge in [-0.1, -0.05) is 13.8 Å². The third-order valence-electron chi connectivity index (χ3n) is 2.68. The third kappa shape index (κ3) is 5.33. The largest absolute Gasteiger partial charge is 0.347 e. The Morgan fingerprint density at radius 2 is 2.00 bits per heavy atom. The van der Waals surface area contributed by atoms with Gasteiger partial charge >= 0.3 is 0 Å². The first-order valence-corrected chi connectivity index (χ1v) is 7.60. The lowest BCUT2D eigenvalue weighted by Gasteiger charge is -2.23. The Kier molecular flexibility index (Phi) is 7.23. The summed E-state index contributed by atoms with van der Waals surface area (Å²) < 4.78 is 0. The summed E-state index contributed by atoms with van der Waals surface area (Å²) in [4.78, 5) is 9.32. The van der Waals surface area contributed by atoms with Crippen LogP contribution in [0.15, 0.2) is 5.38 Å². The van der Waals surface area contributed by atoms with Gasteiger partial charge in [0.2, 0.25) is 0 Å². The minimum Gasteiger partial charge on any atom is -0.347 e. The quantitative estimate of drug-likeness (QED) is 0.744. The van der Waals surface area contributed by atoms with E-state index >= 15 is 0 Å². The molecule has 18 heavy (non-hydrogen) atoms. The van der Waals surface area contributed by atoms with Crippen LogP contribution in [0.3, 0.4) is 0 Å². The molecule has 0 spiro atoms. The van der Waals surface area contributed by atoms with E-state index < -0.39 is 0 Å². The van der Waals surface area contributed by atoms with Crippen LogP contribution in [0.5, 0.6) is 0 Å². The monoisotopic (exact) mass is 270 g/mol. The van der Waals surface area contributed by atoms with Gasteiger partial charge in [0.15, 0.2) is 5.13 Å². The van der Waals surface area contributed by atoms with Gasteiger partial charge in [0, 0.05) is 31.6 Å². The number of anilines is 1. The minimum absolute atomic E-state index is 0.876. The highest BCUT2D eigenvalue weighted by Crippen LogP contribution is 2.20. The van der Waals surface area contributed by atoms with Crippen LogP contribution in [0.2, 0.25) is 0 Å². The lowest BCUT2D eigenvalue weighted by Crippen LogP contribution is -2.32. The molecule has 104 valence electrons. The van der Waals surface area contributed by atoms with Gasteiger partial charge in [0.1, 0.15) is 0 Å². The number of hydrogen-bond acceptors (Lipinski definition) is 5. The van der Waals surface area contributed by atoms with Gasteiger partial charge in [-0.15, -0.1) is 11.3 Å². The summed E-state index contributed by atoms with van der Waals surface area (Å²) in [5.41, 5.74) is 1.16. The molecule has 1 rings (SSSR count). The molecular weight excluding hydrogens is 244 g/mol. The summed E-state index contributed by atoms with van der Waals surface area (Å²) in [5, 5.41) is 6.64. The molecular formula is C13H26N4S. The second-order valence-corrected chi connectivity index (χ2v) is 5.53. The molecule has 0 amide bonds. The van der Waals surface area contributed by atoms with Crippen molar-refractivity contribution in [2.24, 2.45) is 0 Å². The van der Waals surface area contributed by atoms with Crippen molar-refractivity contribution in [3.63, 3.8) is 0 Å². The first-order valence-electron chi connectivity index (χ1n) is 6.72. The van der Waals surface area contributed by atoms with E-state index in [0.717, 1.165) is 50.0 Å². The highest BCUT2D eigenvalue weighted by Gasteiger charge is 2.10. The van der Waals surface area contributed by atoms with Crippen LogP contribution in [0, 0.1) is 0 Å². The summed E-state index contributed by atoms with van der Waals surface area (Å²) in [6.07, 6.45) is 1.16. The third-order valence-corrected chi connectivity index (χ3v) is 3.63. The fraction of sp³-hybridized carbons (Fsp3) is 0.769. The molecule has 0 aliphatic rings. The van der Waals surface area contributed by atoms with E-state index in [-0.39, 0.29) is 0 Å². The second-order valence-electron chi connectivity index (χ2n) is 4.69. The van der Waals surface area contributed by atoms with Crippen LogP contribution in [-0.2, 0) is 6.54 Å². The minimum atomic E-state index is 0.876. The molecule has 0 bridgehead atoms. The molecule has 0 fully saturated rings. The van der Waals surface area contributed by atoms with E-state index in [2.05, 4.69) is 48.4 Å². The Morgan fingerprint density at radius 3 is 2.61 bits per heavy atom. The Labute approximate surface area is 115 Å². The number of nitrogens with one attached hydrogen (secondary N) is 1. The van der Waals surface area contributed by atoms with Crippen molar-refractivity contribution in [1.29, 1.82) is 0 Å². The van der Waals surface area contributed by atoms with Gasteiger partial charge in [0.05, 0.1) is 5.69 Å². The molecule has 1 heterocycles. The molecule has 1 aromatic rings. The smallest absolute Gasteiger partial charge is 0.185 e. The van der Waals surface area contributed by atoms with Crippen molar-refractivity contribution in [2.45, 2.75) is 26.8 Å². The fourth-order valence-corrected chi connectivity index (χ4v) is 2.55. The summed E-state index contributed by atoms with van der Waals surface area (Å²) in [6, 6.07) is 0. The molecule has 0 radical (unpaired) electrons. The average Bonchev–Trinajstić information content (AvgIpc) is 2.80. The zero-order chi connectivity index (χ0) is 13.4. The number of aromatic nitrogens is 1. The Hall–Kier alpha value is -0.650. The SMILES string of the molecule is CCCN(CCN(C)C)c1nc(CNCC)cs1. The van der Waals surface area contributed by atoms with Crippen LogP contribution in [0.1, 0.15) is 26.0 Å². The first kappa shape index (κ1) is 15.4. The summed E-state index contributed by atoms with van der Waals surface area (Å²) in [5.74, 6) is 0. The van der Waals surface area contributed by atoms with Gasteiger partial charge in [-0.3, -0.25) is 0 Å². The zero-order valence-corrected chi connectivity index (χ0v) is 12.9.